The van der Waals surface area contributed by atoms with Crippen LogP contribution in [0.25, 0.3) is 0 Å². The molecule has 1 aliphatic rings. The minimum absolute atomic E-state index is 0.137. The second-order valence-corrected chi connectivity index (χ2v) is 6.93. The van der Waals surface area contributed by atoms with E-state index in [2.05, 4.69) is 29.6 Å². The van der Waals surface area contributed by atoms with Crippen molar-refractivity contribution in [3.8, 4) is 6.07 Å². The molecule has 2 aromatic rings. The van der Waals surface area contributed by atoms with E-state index in [0.29, 0.717) is 30.3 Å². The van der Waals surface area contributed by atoms with Crippen LogP contribution in [0.4, 0.5) is 5.69 Å². The lowest BCUT2D eigenvalue weighted by Crippen LogP contribution is -2.40. The van der Waals surface area contributed by atoms with Gasteiger partial charge in [-0.3, -0.25) is 9.59 Å². The summed E-state index contributed by atoms with van der Waals surface area (Å²) in [6.45, 7) is 1.40. The van der Waals surface area contributed by atoms with Crippen LogP contribution in [0.5, 0.6) is 0 Å². The maximum absolute atomic E-state index is 12.4. The number of hydrogen-bond acceptors (Lipinski definition) is 3. The molecule has 27 heavy (non-hydrogen) atoms. The molecule has 2 amide bonds. The summed E-state index contributed by atoms with van der Waals surface area (Å²) in [7, 11) is 0. The Morgan fingerprint density at radius 3 is 2.52 bits per heavy atom. The first kappa shape index (κ1) is 18.7. The lowest BCUT2D eigenvalue weighted by molar-refractivity contribution is -0.135. The van der Waals surface area contributed by atoms with Crippen molar-refractivity contribution in [2.24, 2.45) is 5.92 Å². The molecule has 1 aliphatic heterocycles. The molecule has 2 aromatic carbocycles. The predicted octanol–water partition coefficient (Wildman–Crippen LogP) is 3.37. The molecule has 1 heterocycles. The Hall–Kier alpha value is -3.13. The molecule has 0 unspecified atom stereocenters. The Bertz CT molecular complexity index is 834. The summed E-state index contributed by atoms with van der Waals surface area (Å²) < 4.78 is 0. The fourth-order valence-corrected chi connectivity index (χ4v) is 3.45. The van der Waals surface area contributed by atoms with E-state index in [1.807, 2.05) is 12.1 Å². The summed E-state index contributed by atoms with van der Waals surface area (Å²) >= 11 is 0. The molecule has 0 aromatic heterocycles. The second kappa shape index (κ2) is 9.00. The lowest BCUT2D eigenvalue weighted by atomic mass is 9.90. The van der Waals surface area contributed by atoms with E-state index < -0.39 is 0 Å². The Morgan fingerprint density at radius 1 is 1.07 bits per heavy atom. The standard InChI is InChI=1S/C22H23N3O2/c23-16-19-7-4-8-20(14-19)24-21(26)15-22(27)25-11-9-18(10-12-25)13-17-5-2-1-3-6-17/h1-8,14,18H,9-13,15H2,(H,24,26). The van der Waals surface area contributed by atoms with Crippen LogP contribution in [0.1, 0.15) is 30.4 Å². The summed E-state index contributed by atoms with van der Waals surface area (Å²) in [6.07, 6.45) is 2.80. The molecule has 1 fully saturated rings. The molecule has 5 nitrogen and oxygen atoms in total. The summed E-state index contributed by atoms with van der Waals surface area (Å²) in [4.78, 5) is 26.3. The number of piperidine rings is 1. The number of nitriles is 1. The van der Waals surface area contributed by atoms with E-state index in [1.165, 1.54) is 5.56 Å². The molecule has 0 saturated carbocycles. The highest BCUT2D eigenvalue weighted by atomic mass is 16.2. The molecular weight excluding hydrogens is 338 g/mol. The van der Waals surface area contributed by atoms with Crippen molar-refractivity contribution < 1.29 is 9.59 Å². The minimum Gasteiger partial charge on any atom is -0.342 e. The van der Waals surface area contributed by atoms with Gasteiger partial charge in [-0.05, 0) is 48.9 Å². The smallest absolute Gasteiger partial charge is 0.233 e. The third kappa shape index (κ3) is 5.42. The van der Waals surface area contributed by atoms with Gasteiger partial charge in [-0.2, -0.15) is 5.26 Å². The van der Waals surface area contributed by atoms with E-state index in [-0.39, 0.29) is 18.2 Å². The number of amides is 2. The van der Waals surface area contributed by atoms with E-state index >= 15 is 0 Å². The minimum atomic E-state index is -0.346. The van der Waals surface area contributed by atoms with Crippen LogP contribution in [0.15, 0.2) is 54.6 Å². The zero-order chi connectivity index (χ0) is 19.1. The SMILES string of the molecule is N#Cc1cccc(NC(=O)CC(=O)N2CCC(Cc3ccccc3)CC2)c1. The highest BCUT2D eigenvalue weighted by Gasteiger charge is 2.24. The number of likely N-dealkylation sites (tertiary alicyclic amines) is 1. The van der Waals surface area contributed by atoms with Crippen molar-refractivity contribution in [2.75, 3.05) is 18.4 Å². The predicted molar refractivity (Wildman–Crippen MR) is 104 cm³/mol. The third-order valence-electron chi connectivity index (χ3n) is 4.92. The van der Waals surface area contributed by atoms with E-state index in [4.69, 9.17) is 5.26 Å². The molecule has 0 aliphatic carbocycles. The van der Waals surface area contributed by atoms with Crippen molar-refractivity contribution in [3.63, 3.8) is 0 Å². The zero-order valence-electron chi connectivity index (χ0n) is 15.2. The van der Waals surface area contributed by atoms with Crippen LogP contribution in [0.3, 0.4) is 0 Å². The number of nitrogens with zero attached hydrogens (tertiary/aromatic N) is 2. The molecule has 5 heteroatoms. The fourth-order valence-electron chi connectivity index (χ4n) is 3.45. The average molecular weight is 361 g/mol. The molecule has 0 radical (unpaired) electrons. The van der Waals surface area contributed by atoms with Crippen LogP contribution in [0, 0.1) is 17.2 Å². The van der Waals surface area contributed by atoms with E-state index in [1.54, 1.807) is 29.2 Å². The number of benzene rings is 2. The van der Waals surface area contributed by atoms with Crippen molar-refractivity contribution >= 4 is 17.5 Å². The van der Waals surface area contributed by atoms with Gasteiger partial charge >= 0.3 is 0 Å². The zero-order valence-corrected chi connectivity index (χ0v) is 15.2. The number of hydrogen-bond donors (Lipinski definition) is 1. The topological polar surface area (TPSA) is 73.2 Å². The second-order valence-electron chi connectivity index (χ2n) is 6.93. The summed E-state index contributed by atoms with van der Waals surface area (Å²) in [6, 6.07) is 19.1. The van der Waals surface area contributed by atoms with Gasteiger partial charge in [0.2, 0.25) is 11.8 Å². The summed E-state index contributed by atoms with van der Waals surface area (Å²) in [5.41, 5.74) is 2.34. The Morgan fingerprint density at radius 2 is 1.81 bits per heavy atom. The molecule has 1 N–H and O–H groups in total. The number of carbonyl (C=O) groups excluding carboxylic acids is 2. The maximum Gasteiger partial charge on any atom is 0.233 e. The first-order valence-electron chi connectivity index (χ1n) is 9.26. The molecule has 1 saturated heterocycles. The average Bonchev–Trinajstić information content (AvgIpc) is 2.69. The molecule has 0 bridgehead atoms. The van der Waals surface area contributed by atoms with Crippen LogP contribution < -0.4 is 5.32 Å². The van der Waals surface area contributed by atoms with Crippen LogP contribution in [-0.2, 0) is 16.0 Å². The number of nitrogens with one attached hydrogen (secondary N) is 1. The van der Waals surface area contributed by atoms with Crippen LogP contribution >= 0.6 is 0 Å². The normalized spacial score (nSPS) is 14.4. The van der Waals surface area contributed by atoms with Crippen molar-refractivity contribution in [1.82, 2.24) is 4.90 Å². The number of rotatable bonds is 5. The van der Waals surface area contributed by atoms with Gasteiger partial charge in [-0.25, -0.2) is 0 Å². The van der Waals surface area contributed by atoms with Gasteiger partial charge in [0.1, 0.15) is 6.42 Å². The van der Waals surface area contributed by atoms with Crippen molar-refractivity contribution in [3.05, 3.63) is 65.7 Å². The van der Waals surface area contributed by atoms with E-state index in [9.17, 15) is 9.59 Å². The van der Waals surface area contributed by atoms with Gasteiger partial charge in [0.25, 0.3) is 0 Å². The molecular formula is C22H23N3O2. The van der Waals surface area contributed by atoms with Crippen molar-refractivity contribution in [2.45, 2.75) is 25.7 Å². The molecule has 3 rings (SSSR count). The monoisotopic (exact) mass is 361 g/mol. The molecule has 0 atom stereocenters. The van der Waals surface area contributed by atoms with Gasteiger partial charge in [0, 0.05) is 18.8 Å². The van der Waals surface area contributed by atoms with Gasteiger partial charge < -0.3 is 10.2 Å². The van der Waals surface area contributed by atoms with Crippen molar-refractivity contribution in [1.29, 1.82) is 5.26 Å². The Balaban J connectivity index is 1.45. The van der Waals surface area contributed by atoms with Crippen LogP contribution in [-0.4, -0.2) is 29.8 Å². The highest BCUT2D eigenvalue weighted by molar-refractivity contribution is 6.03. The first-order chi connectivity index (χ1) is 13.1. The molecule has 0 spiro atoms. The largest absolute Gasteiger partial charge is 0.342 e. The highest BCUT2D eigenvalue weighted by Crippen LogP contribution is 2.22. The fraction of sp³-hybridized carbons (Fsp3) is 0.318. The summed E-state index contributed by atoms with van der Waals surface area (Å²) in [5, 5.41) is 11.6. The quantitative estimate of drug-likeness (QED) is 0.830. The third-order valence-corrected chi connectivity index (χ3v) is 4.92. The summed E-state index contributed by atoms with van der Waals surface area (Å²) in [5.74, 6) is 0.0996. The Kier molecular flexibility index (Phi) is 6.22. The van der Waals surface area contributed by atoms with Gasteiger partial charge in [-0.15, -0.1) is 0 Å². The van der Waals surface area contributed by atoms with Gasteiger partial charge in [0.05, 0.1) is 11.6 Å². The van der Waals surface area contributed by atoms with E-state index in [0.717, 1.165) is 19.3 Å². The molecule has 138 valence electrons. The Labute approximate surface area is 159 Å². The number of anilines is 1. The van der Waals surface area contributed by atoms with Gasteiger partial charge in [0.15, 0.2) is 0 Å². The lowest BCUT2D eigenvalue weighted by Gasteiger charge is -2.32. The first-order valence-corrected chi connectivity index (χ1v) is 9.26. The maximum atomic E-state index is 12.4. The number of carbonyl (C=O) groups is 2. The van der Waals surface area contributed by atoms with Crippen LogP contribution in [0.2, 0.25) is 0 Å². The van der Waals surface area contributed by atoms with Gasteiger partial charge in [-0.1, -0.05) is 36.4 Å².